The minimum absolute atomic E-state index is 0.277. The van der Waals surface area contributed by atoms with E-state index in [9.17, 15) is 9.18 Å². The third-order valence-electron chi connectivity index (χ3n) is 3.74. The van der Waals surface area contributed by atoms with Crippen LogP contribution in [-0.2, 0) is 11.3 Å². The number of rotatable bonds is 5. The first kappa shape index (κ1) is 16.6. The van der Waals surface area contributed by atoms with Gasteiger partial charge >= 0.3 is 5.69 Å². The van der Waals surface area contributed by atoms with Crippen LogP contribution in [0.25, 0.3) is 22.2 Å². The van der Waals surface area contributed by atoms with Gasteiger partial charge < -0.3 is 4.74 Å². The highest BCUT2D eigenvalue weighted by Crippen LogP contribution is 2.29. The average molecular weight is 347 g/mol. The fourth-order valence-corrected chi connectivity index (χ4v) is 2.80. The van der Waals surface area contributed by atoms with Crippen LogP contribution in [0.2, 0.25) is 5.02 Å². The van der Waals surface area contributed by atoms with E-state index in [1.165, 1.54) is 10.6 Å². The first-order chi connectivity index (χ1) is 11.6. The Morgan fingerprint density at radius 1 is 1.25 bits per heavy atom. The van der Waals surface area contributed by atoms with Crippen molar-refractivity contribution in [2.75, 3.05) is 13.2 Å². The van der Waals surface area contributed by atoms with Crippen LogP contribution >= 0.6 is 11.6 Å². The highest BCUT2D eigenvalue weighted by molar-refractivity contribution is 6.31. The number of benzene rings is 2. The molecule has 0 saturated heterocycles. The fourth-order valence-electron chi connectivity index (χ4n) is 2.63. The molecule has 0 aliphatic carbocycles. The molecule has 3 aromatic rings. The van der Waals surface area contributed by atoms with Crippen LogP contribution in [0.5, 0.6) is 0 Å². The van der Waals surface area contributed by atoms with Crippen molar-refractivity contribution >= 4 is 22.5 Å². The van der Waals surface area contributed by atoms with Gasteiger partial charge in [0.1, 0.15) is 5.82 Å². The Morgan fingerprint density at radius 2 is 2.04 bits per heavy atom. The van der Waals surface area contributed by atoms with E-state index in [-0.39, 0.29) is 5.56 Å². The maximum atomic E-state index is 14.2. The Balaban J connectivity index is 2.25. The highest BCUT2D eigenvalue weighted by Gasteiger charge is 2.15. The molecule has 1 aromatic heterocycles. The van der Waals surface area contributed by atoms with Crippen LogP contribution in [0.3, 0.4) is 0 Å². The highest BCUT2D eigenvalue weighted by atomic mass is 35.5. The molecule has 0 atom stereocenters. The molecule has 0 bridgehead atoms. The van der Waals surface area contributed by atoms with Crippen LogP contribution in [-0.4, -0.2) is 22.8 Å². The van der Waals surface area contributed by atoms with E-state index in [1.807, 2.05) is 6.92 Å². The molecule has 0 aliphatic heterocycles. The molecule has 0 saturated carbocycles. The number of aromatic nitrogens is 2. The lowest BCUT2D eigenvalue weighted by Crippen LogP contribution is -2.26. The molecule has 0 radical (unpaired) electrons. The second kappa shape index (κ2) is 7.11. The Labute approximate surface area is 143 Å². The van der Waals surface area contributed by atoms with E-state index in [2.05, 4.69) is 4.98 Å². The number of fused-ring (bicyclic) bond motifs is 1. The summed E-state index contributed by atoms with van der Waals surface area (Å²) in [5.41, 5.74) is 0.780. The molecule has 0 N–H and O–H groups in total. The van der Waals surface area contributed by atoms with E-state index < -0.39 is 11.5 Å². The molecule has 2 aromatic carbocycles. The van der Waals surface area contributed by atoms with Crippen LogP contribution < -0.4 is 5.69 Å². The first-order valence-corrected chi connectivity index (χ1v) is 8.02. The lowest BCUT2D eigenvalue weighted by molar-refractivity contribution is 0.139. The quantitative estimate of drug-likeness (QED) is 0.658. The smallest absolute Gasteiger partial charge is 0.348 e. The predicted molar refractivity (Wildman–Crippen MR) is 92.9 cm³/mol. The van der Waals surface area contributed by atoms with Crippen molar-refractivity contribution in [1.29, 1.82) is 0 Å². The van der Waals surface area contributed by atoms with E-state index in [0.717, 1.165) is 0 Å². The zero-order valence-electron chi connectivity index (χ0n) is 13.1. The number of hydrogen-bond acceptors (Lipinski definition) is 3. The Morgan fingerprint density at radius 3 is 2.79 bits per heavy atom. The van der Waals surface area contributed by atoms with Gasteiger partial charge in [0, 0.05) is 22.6 Å². The summed E-state index contributed by atoms with van der Waals surface area (Å²) in [5.74, 6) is -0.433. The molecule has 0 unspecified atom stereocenters. The summed E-state index contributed by atoms with van der Waals surface area (Å²) in [5, 5.41) is 1.13. The zero-order chi connectivity index (χ0) is 17.1. The summed E-state index contributed by atoms with van der Waals surface area (Å²) >= 11 is 6.10. The molecule has 6 heteroatoms. The van der Waals surface area contributed by atoms with Crippen LogP contribution in [0, 0.1) is 5.82 Å². The van der Waals surface area contributed by atoms with Gasteiger partial charge in [-0.05, 0) is 37.3 Å². The number of hydrogen-bond donors (Lipinski definition) is 0. The number of halogens is 2. The predicted octanol–water partition coefficient (Wildman–Crippen LogP) is 3.89. The SMILES string of the molecule is CCOCCn1c(=O)nc(-c2ccccc2F)c2cc(Cl)ccc21. The lowest BCUT2D eigenvalue weighted by Gasteiger charge is -2.13. The van der Waals surface area contributed by atoms with Crippen LogP contribution in [0.4, 0.5) is 4.39 Å². The molecule has 0 amide bonds. The van der Waals surface area contributed by atoms with Gasteiger partial charge in [-0.3, -0.25) is 4.57 Å². The summed E-state index contributed by atoms with van der Waals surface area (Å²) in [6, 6.07) is 11.4. The third-order valence-corrected chi connectivity index (χ3v) is 3.97. The van der Waals surface area contributed by atoms with Crippen molar-refractivity contribution in [3.05, 3.63) is 63.8 Å². The topological polar surface area (TPSA) is 44.1 Å². The molecule has 124 valence electrons. The molecular formula is C18H16ClFN2O2. The number of nitrogens with zero attached hydrogens (tertiary/aromatic N) is 2. The molecular weight excluding hydrogens is 331 g/mol. The number of ether oxygens (including phenoxy) is 1. The standard InChI is InChI=1S/C18H16ClFN2O2/c1-2-24-10-9-22-16-8-7-12(19)11-14(16)17(21-18(22)23)13-5-3-4-6-15(13)20/h3-8,11H,2,9-10H2,1H3. The van der Waals surface area contributed by atoms with E-state index in [1.54, 1.807) is 36.4 Å². The average Bonchev–Trinajstić information content (AvgIpc) is 2.57. The minimum atomic E-state index is -0.442. The minimum Gasteiger partial charge on any atom is -0.380 e. The van der Waals surface area contributed by atoms with Gasteiger partial charge in [-0.1, -0.05) is 23.7 Å². The molecule has 1 heterocycles. The Kier molecular flexibility index (Phi) is 4.92. The molecule has 3 rings (SSSR count). The monoisotopic (exact) mass is 346 g/mol. The largest absolute Gasteiger partial charge is 0.380 e. The summed E-state index contributed by atoms with van der Waals surface area (Å²) in [6.45, 7) is 3.23. The van der Waals surface area contributed by atoms with Gasteiger partial charge in [0.05, 0.1) is 24.4 Å². The Hall–Kier alpha value is -2.24. The van der Waals surface area contributed by atoms with Crippen LogP contribution in [0.15, 0.2) is 47.3 Å². The van der Waals surface area contributed by atoms with Gasteiger partial charge in [0.15, 0.2) is 0 Å². The van der Waals surface area contributed by atoms with E-state index in [4.69, 9.17) is 16.3 Å². The molecule has 24 heavy (non-hydrogen) atoms. The summed E-state index contributed by atoms with van der Waals surface area (Å²) in [6.07, 6.45) is 0. The van der Waals surface area contributed by atoms with E-state index in [0.29, 0.717) is 41.4 Å². The van der Waals surface area contributed by atoms with Gasteiger partial charge in [-0.15, -0.1) is 0 Å². The lowest BCUT2D eigenvalue weighted by atomic mass is 10.1. The van der Waals surface area contributed by atoms with Crippen molar-refractivity contribution in [3.63, 3.8) is 0 Å². The second-order valence-electron chi connectivity index (χ2n) is 5.23. The van der Waals surface area contributed by atoms with Gasteiger partial charge in [0.2, 0.25) is 0 Å². The fraction of sp³-hybridized carbons (Fsp3) is 0.222. The third kappa shape index (κ3) is 3.18. The second-order valence-corrected chi connectivity index (χ2v) is 5.67. The van der Waals surface area contributed by atoms with Gasteiger partial charge in [0.25, 0.3) is 0 Å². The van der Waals surface area contributed by atoms with Crippen molar-refractivity contribution in [2.24, 2.45) is 0 Å². The van der Waals surface area contributed by atoms with Crippen LogP contribution in [0.1, 0.15) is 6.92 Å². The molecule has 0 aliphatic rings. The van der Waals surface area contributed by atoms with Crippen molar-refractivity contribution in [3.8, 4) is 11.3 Å². The Bertz CT molecular complexity index is 940. The first-order valence-electron chi connectivity index (χ1n) is 7.64. The van der Waals surface area contributed by atoms with Crippen molar-refractivity contribution in [2.45, 2.75) is 13.5 Å². The van der Waals surface area contributed by atoms with E-state index >= 15 is 0 Å². The summed E-state index contributed by atoms with van der Waals surface area (Å²) in [7, 11) is 0. The maximum Gasteiger partial charge on any atom is 0.348 e. The normalized spacial score (nSPS) is 11.1. The zero-order valence-corrected chi connectivity index (χ0v) is 13.9. The van der Waals surface area contributed by atoms with Crippen molar-refractivity contribution in [1.82, 2.24) is 9.55 Å². The summed E-state index contributed by atoms with van der Waals surface area (Å²) in [4.78, 5) is 16.6. The summed E-state index contributed by atoms with van der Waals surface area (Å²) < 4.78 is 21.0. The maximum absolute atomic E-state index is 14.2. The molecule has 4 nitrogen and oxygen atoms in total. The van der Waals surface area contributed by atoms with Gasteiger partial charge in [-0.2, -0.15) is 4.98 Å². The molecule has 0 fully saturated rings. The van der Waals surface area contributed by atoms with Gasteiger partial charge in [-0.25, -0.2) is 9.18 Å². The van der Waals surface area contributed by atoms with Crippen molar-refractivity contribution < 1.29 is 9.13 Å². The molecule has 0 spiro atoms.